The van der Waals surface area contributed by atoms with E-state index in [0.717, 1.165) is 31.2 Å². The molecule has 0 radical (unpaired) electrons. The fourth-order valence-corrected chi connectivity index (χ4v) is 3.65. The fourth-order valence-electron chi connectivity index (χ4n) is 3.52. The van der Waals surface area contributed by atoms with Gasteiger partial charge in [0.15, 0.2) is 6.61 Å². The summed E-state index contributed by atoms with van der Waals surface area (Å²) in [7, 11) is 0. The van der Waals surface area contributed by atoms with Gasteiger partial charge in [0, 0.05) is 17.6 Å². The standard InChI is InChI=1S/C25H26ClN3O3/c26-21-10-6-19(7-11-21)16-28-25(31)20(15-27)14-18-8-12-23(13-9-18)32-17-24(30)29-22-4-2-1-3-5-22/h6-14,22H,1-5,16-17H2,(H,28,31)(H,29,30)/b20-14-. The Morgan fingerprint density at radius 3 is 2.41 bits per heavy atom. The predicted molar refractivity (Wildman–Crippen MR) is 124 cm³/mol. The van der Waals surface area contributed by atoms with E-state index in [9.17, 15) is 14.9 Å². The fraction of sp³-hybridized carbons (Fsp3) is 0.320. The largest absolute Gasteiger partial charge is 0.484 e. The van der Waals surface area contributed by atoms with Crippen molar-refractivity contribution in [2.45, 2.75) is 44.7 Å². The van der Waals surface area contributed by atoms with Crippen LogP contribution in [0, 0.1) is 11.3 Å². The topological polar surface area (TPSA) is 91.2 Å². The van der Waals surface area contributed by atoms with E-state index >= 15 is 0 Å². The van der Waals surface area contributed by atoms with Gasteiger partial charge in [0.05, 0.1) is 0 Å². The average Bonchev–Trinajstić information content (AvgIpc) is 2.82. The van der Waals surface area contributed by atoms with Gasteiger partial charge in [-0.1, -0.05) is 55.1 Å². The smallest absolute Gasteiger partial charge is 0.262 e. The second kappa shape index (κ2) is 11.9. The van der Waals surface area contributed by atoms with Crippen molar-refractivity contribution in [3.8, 4) is 11.8 Å². The molecule has 1 aliphatic carbocycles. The van der Waals surface area contributed by atoms with Crippen LogP contribution >= 0.6 is 11.6 Å². The zero-order valence-corrected chi connectivity index (χ0v) is 18.5. The van der Waals surface area contributed by atoms with E-state index in [0.29, 0.717) is 22.9 Å². The van der Waals surface area contributed by atoms with Crippen molar-refractivity contribution < 1.29 is 14.3 Å². The summed E-state index contributed by atoms with van der Waals surface area (Å²) < 4.78 is 5.55. The molecule has 32 heavy (non-hydrogen) atoms. The Labute approximate surface area is 193 Å². The third-order valence-electron chi connectivity index (χ3n) is 5.26. The number of carbonyl (C=O) groups is 2. The number of nitrogens with zero attached hydrogens (tertiary/aromatic N) is 1. The number of rotatable bonds is 8. The van der Waals surface area contributed by atoms with E-state index in [2.05, 4.69) is 10.6 Å². The minimum atomic E-state index is -0.456. The number of halogens is 1. The van der Waals surface area contributed by atoms with Gasteiger partial charge >= 0.3 is 0 Å². The van der Waals surface area contributed by atoms with Crippen LogP contribution in [0.3, 0.4) is 0 Å². The van der Waals surface area contributed by atoms with Gasteiger partial charge < -0.3 is 15.4 Å². The number of hydrogen-bond donors (Lipinski definition) is 2. The van der Waals surface area contributed by atoms with Gasteiger partial charge in [-0.15, -0.1) is 0 Å². The van der Waals surface area contributed by atoms with E-state index in [1.54, 1.807) is 36.4 Å². The number of benzene rings is 2. The minimum absolute atomic E-state index is 0.000471. The highest BCUT2D eigenvalue weighted by molar-refractivity contribution is 6.30. The van der Waals surface area contributed by atoms with E-state index in [-0.39, 0.29) is 24.1 Å². The first-order chi connectivity index (χ1) is 15.5. The van der Waals surface area contributed by atoms with Crippen molar-refractivity contribution >= 4 is 29.5 Å². The summed E-state index contributed by atoms with van der Waals surface area (Å²) in [6.45, 7) is 0.257. The third kappa shape index (κ3) is 7.44. The molecule has 2 amide bonds. The molecule has 0 heterocycles. The zero-order chi connectivity index (χ0) is 22.8. The first-order valence-corrected chi connectivity index (χ1v) is 11.1. The molecule has 0 spiro atoms. The molecule has 3 rings (SSSR count). The lowest BCUT2D eigenvalue weighted by Gasteiger charge is -2.22. The Hall–Kier alpha value is -3.30. The lowest BCUT2D eigenvalue weighted by atomic mass is 9.95. The second-order valence-corrected chi connectivity index (χ2v) is 8.18. The van der Waals surface area contributed by atoms with Crippen LogP contribution in [0.15, 0.2) is 54.1 Å². The summed E-state index contributed by atoms with van der Waals surface area (Å²) in [6.07, 6.45) is 7.12. The highest BCUT2D eigenvalue weighted by Gasteiger charge is 2.15. The molecular weight excluding hydrogens is 426 g/mol. The van der Waals surface area contributed by atoms with Crippen LogP contribution in [0.4, 0.5) is 0 Å². The van der Waals surface area contributed by atoms with Gasteiger partial charge in [0.2, 0.25) is 0 Å². The number of nitriles is 1. The highest BCUT2D eigenvalue weighted by atomic mass is 35.5. The van der Waals surface area contributed by atoms with Gasteiger partial charge in [-0.05, 0) is 54.3 Å². The molecule has 1 saturated carbocycles. The van der Waals surface area contributed by atoms with Crippen molar-refractivity contribution in [2.24, 2.45) is 0 Å². The van der Waals surface area contributed by atoms with Crippen LogP contribution in [-0.2, 0) is 16.1 Å². The van der Waals surface area contributed by atoms with Crippen molar-refractivity contribution in [1.82, 2.24) is 10.6 Å². The summed E-state index contributed by atoms with van der Waals surface area (Å²) in [4.78, 5) is 24.4. The van der Waals surface area contributed by atoms with Crippen LogP contribution in [0.1, 0.15) is 43.2 Å². The summed E-state index contributed by atoms with van der Waals surface area (Å²) in [6, 6.07) is 16.2. The first kappa shape index (κ1) is 23.4. The molecule has 0 bridgehead atoms. The molecule has 0 atom stereocenters. The number of carbonyl (C=O) groups excluding carboxylic acids is 2. The monoisotopic (exact) mass is 451 g/mol. The first-order valence-electron chi connectivity index (χ1n) is 10.7. The van der Waals surface area contributed by atoms with Crippen molar-refractivity contribution in [1.29, 1.82) is 5.26 Å². The van der Waals surface area contributed by atoms with Crippen molar-refractivity contribution in [3.05, 3.63) is 70.3 Å². The molecule has 2 N–H and O–H groups in total. The average molecular weight is 452 g/mol. The van der Waals surface area contributed by atoms with Crippen LogP contribution in [-0.4, -0.2) is 24.5 Å². The summed E-state index contributed by atoms with van der Waals surface area (Å²) in [5.74, 6) is -0.0289. The SMILES string of the molecule is N#C/C(=C/c1ccc(OCC(=O)NC2CCCCC2)cc1)C(=O)NCc1ccc(Cl)cc1. The van der Waals surface area contributed by atoms with E-state index in [4.69, 9.17) is 16.3 Å². The molecule has 1 fully saturated rings. The number of amides is 2. The predicted octanol–water partition coefficient (Wildman–Crippen LogP) is 4.39. The summed E-state index contributed by atoms with van der Waals surface area (Å²) >= 11 is 5.86. The maximum absolute atomic E-state index is 12.3. The Bertz CT molecular complexity index is 989. The van der Waals surface area contributed by atoms with E-state index in [1.807, 2.05) is 18.2 Å². The van der Waals surface area contributed by atoms with E-state index < -0.39 is 5.91 Å². The second-order valence-electron chi connectivity index (χ2n) is 7.74. The van der Waals surface area contributed by atoms with Crippen LogP contribution in [0.25, 0.3) is 6.08 Å². The molecule has 166 valence electrons. The molecule has 0 aromatic heterocycles. The molecule has 0 saturated heterocycles. The minimum Gasteiger partial charge on any atom is -0.484 e. The zero-order valence-electron chi connectivity index (χ0n) is 17.8. The van der Waals surface area contributed by atoms with Gasteiger partial charge in [-0.3, -0.25) is 9.59 Å². The molecule has 7 heteroatoms. The Kier molecular flexibility index (Phi) is 8.70. The summed E-state index contributed by atoms with van der Waals surface area (Å²) in [5.41, 5.74) is 1.57. The Morgan fingerprint density at radius 1 is 1.06 bits per heavy atom. The number of hydrogen-bond acceptors (Lipinski definition) is 4. The summed E-state index contributed by atoms with van der Waals surface area (Å²) in [5, 5.41) is 15.7. The van der Waals surface area contributed by atoms with Crippen molar-refractivity contribution in [3.63, 3.8) is 0 Å². The number of ether oxygens (including phenoxy) is 1. The molecule has 6 nitrogen and oxygen atoms in total. The lowest BCUT2D eigenvalue weighted by Crippen LogP contribution is -2.38. The maximum Gasteiger partial charge on any atom is 0.262 e. The van der Waals surface area contributed by atoms with Gasteiger partial charge in [-0.25, -0.2) is 0 Å². The Balaban J connectivity index is 1.49. The van der Waals surface area contributed by atoms with Crippen LogP contribution < -0.4 is 15.4 Å². The molecule has 0 unspecified atom stereocenters. The molecule has 2 aromatic carbocycles. The van der Waals surface area contributed by atoms with E-state index in [1.165, 1.54) is 12.5 Å². The van der Waals surface area contributed by atoms with Gasteiger partial charge in [0.1, 0.15) is 17.4 Å². The van der Waals surface area contributed by atoms with Crippen LogP contribution in [0.5, 0.6) is 5.75 Å². The van der Waals surface area contributed by atoms with Crippen molar-refractivity contribution in [2.75, 3.05) is 6.61 Å². The number of nitrogens with one attached hydrogen (secondary N) is 2. The molecular formula is C25H26ClN3O3. The maximum atomic E-state index is 12.3. The van der Waals surface area contributed by atoms with Gasteiger partial charge in [0.25, 0.3) is 11.8 Å². The quantitative estimate of drug-likeness (QED) is 0.460. The normalized spacial score (nSPS) is 14.3. The lowest BCUT2D eigenvalue weighted by molar-refractivity contribution is -0.124. The molecule has 0 aliphatic heterocycles. The Morgan fingerprint density at radius 2 is 1.75 bits per heavy atom. The van der Waals surface area contributed by atoms with Gasteiger partial charge in [-0.2, -0.15) is 5.26 Å². The third-order valence-corrected chi connectivity index (χ3v) is 5.51. The highest BCUT2D eigenvalue weighted by Crippen LogP contribution is 2.18. The molecule has 1 aliphatic rings. The molecule has 2 aromatic rings. The van der Waals surface area contributed by atoms with Crippen LogP contribution in [0.2, 0.25) is 5.02 Å².